The predicted molar refractivity (Wildman–Crippen MR) is 114 cm³/mol. The summed E-state index contributed by atoms with van der Waals surface area (Å²) in [5, 5.41) is 24.0. The summed E-state index contributed by atoms with van der Waals surface area (Å²) in [5.74, 6) is -2.08. The lowest BCUT2D eigenvalue weighted by atomic mass is 10.0. The topological polar surface area (TPSA) is 168 Å². The van der Waals surface area contributed by atoms with Gasteiger partial charge in [-0.3, -0.25) is 9.59 Å². The maximum Gasteiger partial charge on any atom is 0.326 e. The molecule has 0 aliphatic carbocycles. The first-order valence-corrected chi connectivity index (χ1v) is 10.2. The highest BCUT2D eigenvalue weighted by atomic mass is 16.4. The van der Waals surface area contributed by atoms with E-state index in [-0.39, 0.29) is 24.5 Å². The first-order chi connectivity index (χ1) is 14.1. The van der Waals surface area contributed by atoms with Crippen LogP contribution in [0.25, 0.3) is 0 Å². The lowest BCUT2D eigenvalue weighted by molar-refractivity contribution is -0.142. The van der Waals surface area contributed by atoms with E-state index >= 15 is 0 Å². The second-order valence-corrected chi connectivity index (χ2v) is 7.85. The van der Waals surface area contributed by atoms with Crippen LogP contribution in [0.2, 0.25) is 0 Å². The molecule has 0 unspecified atom stereocenters. The first kappa shape index (κ1) is 25.4. The summed E-state index contributed by atoms with van der Waals surface area (Å²) in [6, 6.07) is 3.36. The van der Waals surface area contributed by atoms with Crippen molar-refractivity contribution in [1.29, 1.82) is 0 Å². The van der Waals surface area contributed by atoms with Crippen molar-refractivity contribution in [3.63, 3.8) is 0 Å². The van der Waals surface area contributed by atoms with Gasteiger partial charge in [0.1, 0.15) is 17.8 Å². The average molecular weight is 423 g/mol. The molecule has 0 radical (unpaired) electrons. The second-order valence-electron chi connectivity index (χ2n) is 7.85. The van der Waals surface area contributed by atoms with Gasteiger partial charge < -0.3 is 32.3 Å². The third kappa shape index (κ3) is 9.23. The summed E-state index contributed by atoms with van der Waals surface area (Å²) in [4.78, 5) is 36.8. The highest BCUT2D eigenvalue weighted by Gasteiger charge is 2.28. The van der Waals surface area contributed by atoms with Crippen LogP contribution in [0, 0.1) is 5.92 Å². The number of hydrogen-bond donors (Lipinski definition) is 6. The van der Waals surface area contributed by atoms with Crippen LogP contribution in [0.5, 0.6) is 5.75 Å². The van der Waals surface area contributed by atoms with Crippen LogP contribution in [0.3, 0.4) is 0 Å². The van der Waals surface area contributed by atoms with E-state index in [4.69, 9.17) is 11.5 Å². The van der Waals surface area contributed by atoms with E-state index in [1.165, 1.54) is 12.1 Å². The van der Waals surface area contributed by atoms with Crippen molar-refractivity contribution < 1.29 is 24.6 Å². The molecule has 0 fully saturated rings. The number of carbonyl (C=O) groups is 3. The molecule has 0 heterocycles. The molecule has 9 nitrogen and oxygen atoms in total. The number of carboxylic acids is 1. The minimum atomic E-state index is -1.13. The summed E-state index contributed by atoms with van der Waals surface area (Å²) < 4.78 is 0. The molecule has 0 aromatic heterocycles. The predicted octanol–water partition coefficient (Wildman–Crippen LogP) is 0.491. The molecule has 0 aliphatic rings. The molecule has 9 heteroatoms. The van der Waals surface area contributed by atoms with Gasteiger partial charge in [-0.1, -0.05) is 32.4 Å². The van der Waals surface area contributed by atoms with Gasteiger partial charge >= 0.3 is 5.97 Å². The molecule has 30 heavy (non-hydrogen) atoms. The monoisotopic (exact) mass is 422 g/mol. The van der Waals surface area contributed by atoms with E-state index in [1.807, 2.05) is 13.8 Å². The zero-order valence-corrected chi connectivity index (χ0v) is 17.6. The van der Waals surface area contributed by atoms with Gasteiger partial charge in [0.25, 0.3) is 0 Å². The third-order valence-electron chi connectivity index (χ3n) is 4.64. The number of aliphatic carboxylic acids is 1. The Morgan fingerprint density at radius 3 is 2.13 bits per heavy atom. The van der Waals surface area contributed by atoms with Gasteiger partial charge in [-0.2, -0.15) is 0 Å². The highest BCUT2D eigenvalue weighted by molar-refractivity contribution is 5.91. The van der Waals surface area contributed by atoms with Crippen molar-refractivity contribution in [1.82, 2.24) is 10.6 Å². The fourth-order valence-electron chi connectivity index (χ4n) is 2.96. The number of nitrogens with two attached hydrogens (primary N) is 2. The summed E-state index contributed by atoms with van der Waals surface area (Å²) >= 11 is 0. The molecule has 3 atom stereocenters. The number of hydrogen-bond acceptors (Lipinski definition) is 6. The number of nitrogens with one attached hydrogen (secondary N) is 2. The lowest BCUT2D eigenvalue weighted by Crippen LogP contribution is -2.55. The number of phenolic OH excluding ortho intramolecular Hbond substituents is 1. The number of amides is 2. The fourth-order valence-corrected chi connectivity index (χ4v) is 2.96. The Kier molecular flexibility index (Phi) is 10.8. The highest BCUT2D eigenvalue weighted by Crippen LogP contribution is 2.12. The van der Waals surface area contributed by atoms with E-state index in [1.54, 1.807) is 12.1 Å². The zero-order chi connectivity index (χ0) is 22.7. The normalized spacial score (nSPS) is 14.0. The van der Waals surface area contributed by atoms with Gasteiger partial charge in [-0.05, 0) is 49.4 Å². The first-order valence-electron chi connectivity index (χ1n) is 10.2. The smallest absolute Gasteiger partial charge is 0.326 e. The zero-order valence-electron chi connectivity index (χ0n) is 17.6. The number of benzene rings is 1. The SMILES string of the molecule is CC(C)C[C@H](NC(=O)[C@H](Cc1ccc(O)cc1)NC(=O)[C@@H](N)CCCCN)C(=O)O. The lowest BCUT2D eigenvalue weighted by Gasteiger charge is -2.24. The molecule has 1 aromatic carbocycles. The van der Waals surface area contributed by atoms with Gasteiger partial charge in [0, 0.05) is 6.42 Å². The molecule has 1 aromatic rings. The minimum Gasteiger partial charge on any atom is -0.508 e. The van der Waals surface area contributed by atoms with E-state index < -0.39 is 35.9 Å². The van der Waals surface area contributed by atoms with E-state index in [0.29, 0.717) is 24.9 Å². The third-order valence-corrected chi connectivity index (χ3v) is 4.64. The van der Waals surface area contributed by atoms with Crippen molar-refractivity contribution in [3.05, 3.63) is 29.8 Å². The number of aromatic hydroxyl groups is 1. The molecule has 1 rings (SSSR count). The van der Waals surface area contributed by atoms with Crippen molar-refractivity contribution in [2.75, 3.05) is 6.54 Å². The molecule has 168 valence electrons. The Hall–Kier alpha value is -2.65. The standard InChI is InChI=1S/C21H34N4O5/c1-13(2)11-18(21(29)30)25-20(28)17(12-14-6-8-15(26)9-7-14)24-19(27)16(23)5-3-4-10-22/h6-9,13,16-18,26H,3-5,10-12,22-23H2,1-2H3,(H,24,27)(H,25,28)(H,29,30)/t16-,17-,18-/m0/s1. The van der Waals surface area contributed by atoms with Gasteiger partial charge in [0.15, 0.2) is 0 Å². The maximum atomic E-state index is 12.8. The summed E-state index contributed by atoms with van der Waals surface area (Å²) in [5.41, 5.74) is 12.1. The van der Waals surface area contributed by atoms with Gasteiger partial charge in [-0.15, -0.1) is 0 Å². The quantitative estimate of drug-likeness (QED) is 0.251. The Labute approximate surface area is 177 Å². The van der Waals surface area contributed by atoms with Gasteiger partial charge in [0.05, 0.1) is 6.04 Å². The number of unbranched alkanes of at least 4 members (excludes halogenated alkanes) is 1. The molecular formula is C21H34N4O5. The Morgan fingerprint density at radius 1 is 1.00 bits per heavy atom. The summed E-state index contributed by atoms with van der Waals surface area (Å²) in [6.07, 6.45) is 2.26. The van der Waals surface area contributed by atoms with Crippen LogP contribution in [-0.2, 0) is 20.8 Å². The summed E-state index contributed by atoms with van der Waals surface area (Å²) in [7, 11) is 0. The van der Waals surface area contributed by atoms with Crippen molar-refractivity contribution in [3.8, 4) is 5.75 Å². The Morgan fingerprint density at radius 2 is 1.60 bits per heavy atom. The average Bonchev–Trinajstić information content (AvgIpc) is 2.68. The maximum absolute atomic E-state index is 12.8. The molecule has 0 saturated carbocycles. The van der Waals surface area contributed by atoms with E-state index in [2.05, 4.69) is 10.6 Å². The minimum absolute atomic E-state index is 0.0625. The van der Waals surface area contributed by atoms with Crippen LogP contribution < -0.4 is 22.1 Å². The summed E-state index contributed by atoms with van der Waals surface area (Å²) in [6.45, 7) is 4.23. The number of carbonyl (C=O) groups excluding carboxylic acids is 2. The molecule has 0 bridgehead atoms. The molecule has 0 aliphatic heterocycles. The largest absolute Gasteiger partial charge is 0.508 e. The molecular weight excluding hydrogens is 388 g/mol. The van der Waals surface area contributed by atoms with Crippen molar-refractivity contribution >= 4 is 17.8 Å². The Bertz CT molecular complexity index is 693. The second kappa shape index (κ2) is 12.8. The van der Waals surface area contributed by atoms with Crippen LogP contribution in [0.4, 0.5) is 0 Å². The number of phenols is 1. The molecule has 2 amide bonds. The number of carboxylic acid groups (broad SMARTS) is 1. The van der Waals surface area contributed by atoms with E-state index in [9.17, 15) is 24.6 Å². The molecule has 8 N–H and O–H groups in total. The van der Waals surface area contributed by atoms with Crippen LogP contribution in [-0.4, -0.2) is 52.7 Å². The van der Waals surface area contributed by atoms with Crippen LogP contribution >= 0.6 is 0 Å². The van der Waals surface area contributed by atoms with Crippen molar-refractivity contribution in [2.45, 2.75) is 64.1 Å². The molecule has 0 spiro atoms. The van der Waals surface area contributed by atoms with Crippen LogP contribution in [0.1, 0.15) is 45.1 Å². The van der Waals surface area contributed by atoms with Crippen LogP contribution in [0.15, 0.2) is 24.3 Å². The molecule has 0 saturated heterocycles. The van der Waals surface area contributed by atoms with E-state index in [0.717, 1.165) is 6.42 Å². The Balaban J connectivity index is 2.92. The number of rotatable bonds is 13. The van der Waals surface area contributed by atoms with Gasteiger partial charge in [0.2, 0.25) is 11.8 Å². The van der Waals surface area contributed by atoms with Gasteiger partial charge in [-0.25, -0.2) is 4.79 Å². The van der Waals surface area contributed by atoms with Crippen molar-refractivity contribution in [2.24, 2.45) is 17.4 Å². The fraction of sp³-hybridized carbons (Fsp3) is 0.571.